The van der Waals surface area contributed by atoms with E-state index in [2.05, 4.69) is 5.32 Å². The molecule has 0 spiro atoms. The highest BCUT2D eigenvalue weighted by molar-refractivity contribution is 7.16. The third-order valence-electron chi connectivity index (χ3n) is 3.27. The van der Waals surface area contributed by atoms with Crippen LogP contribution in [0.5, 0.6) is 5.75 Å². The Morgan fingerprint density at radius 1 is 1.32 bits per heavy atom. The Morgan fingerprint density at radius 2 is 2.05 bits per heavy atom. The summed E-state index contributed by atoms with van der Waals surface area (Å²) in [7, 11) is 0. The summed E-state index contributed by atoms with van der Waals surface area (Å²) in [5, 5.41) is 3.24. The maximum atomic E-state index is 12.4. The Labute approximate surface area is 133 Å². The van der Waals surface area contributed by atoms with Gasteiger partial charge in [-0.1, -0.05) is 6.07 Å². The van der Waals surface area contributed by atoms with E-state index in [1.165, 1.54) is 11.3 Å². The first kappa shape index (κ1) is 16.0. The highest BCUT2D eigenvalue weighted by atomic mass is 32.1. The van der Waals surface area contributed by atoms with Crippen LogP contribution >= 0.6 is 11.3 Å². The summed E-state index contributed by atoms with van der Waals surface area (Å²) in [4.78, 5) is 24.9. The number of aryl methyl sites for hydroxylation is 1. The number of primary amides is 1. The van der Waals surface area contributed by atoms with E-state index in [4.69, 9.17) is 10.5 Å². The number of carbonyl (C=O) groups excluding carboxylic acids is 2. The summed E-state index contributed by atoms with van der Waals surface area (Å²) in [6.07, 6.45) is 0. The molecule has 0 aliphatic rings. The van der Waals surface area contributed by atoms with Gasteiger partial charge in [0.05, 0.1) is 12.2 Å². The van der Waals surface area contributed by atoms with Gasteiger partial charge >= 0.3 is 0 Å². The van der Waals surface area contributed by atoms with Crippen LogP contribution in [-0.2, 0) is 0 Å². The zero-order chi connectivity index (χ0) is 16.3. The number of ether oxygens (including phenoxy) is 1. The van der Waals surface area contributed by atoms with Crippen molar-refractivity contribution in [3.63, 3.8) is 0 Å². The minimum Gasteiger partial charge on any atom is -0.494 e. The highest BCUT2D eigenvalue weighted by Gasteiger charge is 2.19. The number of benzene rings is 1. The van der Waals surface area contributed by atoms with Crippen molar-refractivity contribution in [3.8, 4) is 5.75 Å². The number of thiophene rings is 1. The fraction of sp³-hybridized carbons (Fsp3) is 0.250. The smallest absolute Gasteiger partial charge is 0.256 e. The average Bonchev–Trinajstić information content (AvgIpc) is 2.74. The molecule has 0 aliphatic heterocycles. The van der Waals surface area contributed by atoms with E-state index in [1.807, 2.05) is 20.8 Å². The number of rotatable bonds is 5. The van der Waals surface area contributed by atoms with Gasteiger partial charge in [0.2, 0.25) is 0 Å². The van der Waals surface area contributed by atoms with Gasteiger partial charge in [-0.25, -0.2) is 0 Å². The molecule has 1 aromatic heterocycles. The first-order valence-corrected chi connectivity index (χ1v) is 7.69. The summed E-state index contributed by atoms with van der Waals surface area (Å²) < 4.78 is 5.38. The quantitative estimate of drug-likeness (QED) is 0.888. The zero-order valence-corrected chi connectivity index (χ0v) is 13.5. The number of nitrogens with one attached hydrogen (secondary N) is 1. The lowest BCUT2D eigenvalue weighted by molar-refractivity contribution is 0.100. The molecule has 0 saturated heterocycles. The lowest BCUT2D eigenvalue weighted by atomic mass is 10.1. The predicted molar refractivity (Wildman–Crippen MR) is 87.9 cm³/mol. The van der Waals surface area contributed by atoms with Gasteiger partial charge in [0.25, 0.3) is 11.8 Å². The van der Waals surface area contributed by atoms with Gasteiger partial charge in [0.1, 0.15) is 10.8 Å². The summed E-state index contributed by atoms with van der Waals surface area (Å²) >= 11 is 1.34. The lowest BCUT2D eigenvalue weighted by Gasteiger charge is -2.07. The van der Waals surface area contributed by atoms with Crippen LogP contribution in [0.3, 0.4) is 0 Å². The Hall–Kier alpha value is -2.34. The van der Waals surface area contributed by atoms with Crippen molar-refractivity contribution >= 4 is 28.2 Å². The maximum absolute atomic E-state index is 12.4. The third-order valence-corrected chi connectivity index (χ3v) is 4.39. The van der Waals surface area contributed by atoms with Crippen LogP contribution in [-0.4, -0.2) is 18.4 Å². The minimum atomic E-state index is -0.541. The maximum Gasteiger partial charge on any atom is 0.256 e. The molecule has 2 rings (SSSR count). The molecule has 2 amide bonds. The molecule has 0 unspecified atom stereocenters. The first-order valence-electron chi connectivity index (χ1n) is 6.88. The summed E-state index contributed by atoms with van der Waals surface area (Å²) in [5.41, 5.74) is 7.04. The molecule has 0 saturated carbocycles. The second-order valence-corrected chi connectivity index (χ2v) is 5.99. The molecule has 0 aliphatic carbocycles. The van der Waals surface area contributed by atoms with Crippen molar-refractivity contribution in [2.75, 3.05) is 11.9 Å². The monoisotopic (exact) mass is 318 g/mol. The highest BCUT2D eigenvalue weighted by Crippen LogP contribution is 2.32. The molecular formula is C16H18N2O3S. The van der Waals surface area contributed by atoms with Crippen LogP contribution in [0.1, 0.15) is 38.1 Å². The number of anilines is 1. The van der Waals surface area contributed by atoms with Gasteiger partial charge < -0.3 is 15.8 Å². The van der Waals surface area contributed by atoms with Crippen LogP contribution in [0, 0.1) is 13.8 Å². The van der Waals surface area contributed by atoms with E-state index >= 15 is 0 Å². The molecule has 5 nitrogen and oxygen atoms in total. The molecule has 1 heterocycles. The van der Waals surface area contributed by atoms with Crippen LogP contribution in [0.4, 0.5) is 5.00 Å². The van der Waals surface area contributed by atoms with Gasteiger partial charge in [0.15, 0.2) is 0 Å². The van der Waals surface area contributed by atoms with E-state index in [0.717, 1.165) is 10.4 Å². The van der Waals surface area contributed by atoms with Gasteiger partial charge in [-0.3, -0.25) is 9.59 Å². The van der Waals surface area contributed by atoms with Gasteiger partial charge in [-0.15, -0.1) is 11.3 Å². The molecule has 3 N–H and O–H groups in total. The lowest BCUT2D eigenvalue weighted by Crippen LogP contribution is -2.17. The van der Waals surface area contributed by atoms with Crippen molar-refractivity contribution in [1.29, 1.82) is 0 Å². The molecule has 0 fully saturated rings. The predicted octanol–water partition coefficient (Wildman–Crippen LogP) is 3.11. The Bertz CT molecular complexity index is 722. The second kappa shape index (κ2) is 6.62. The average molecular weight is 318 g/mol. The fourth-order valence-corrected chi connectivity index (χ4v) is 3.14. The topological polar surface area (TPSA) is 81.4 Å². The van der Waals surface area contributed by atoms with E-state index in [-0.39, 0.29) is 5.91 Å². The van der Waals surface area contributed by atoms with E-state index in [9.17, 15) is 9.59 Å². The Morgan fingerprint density at radius 3 is 2.68 bits per heavy atom. The molecule has 0 bridgehead atoms. The Balaban J connectivity index is 2.28. The van der Waals surface area contributed by atoms with E-state index in [0.29, 0.717) is 28.5 Å². The zero-order valence-electron chi connectivity index (χ0n) is 12.7. The van der Waals surface area contributed by atoms with Crippen LogP contribution in [0.25, 0.3) is 0 Å². The minimum absolute atomic E-state index is 0.301. The molecule has 0 radical (unpaired) electrons. The van der Waals surface area contributed by atoms with Crippen LogP contribution < -0.4 is 15.8 Å². The summed E-state index contributed by atoms with van der Waals surface area (Å²) in [6.45, 7) is 6.11. The Kier molecular flexibility index (Phi) is 4.82. The molecule has 22 heavy (non-hydrogen) atoms. The second-order valence-electron chi connectivity index (χ2n) is 4.77. The van der Waals surface area contributed by atoms with Gasteiger partial charge in [-0.2, -0.15) is 0 Å². The number of nitrogens with two attached hydrogens (primary N) is 1. The van der Waals surface area contributed by atoms with Crippen LogP contribution in [0.2, 0.25) is 0 Å². The van der Waals surface area contributed by atoms with Gasteiger partial charge in [-0.05, 0) is 44.5 Å². The number of amides is 2. The SMILES string of the molecule is CCOc1cccc(C(=O)Nc2sc(C)c(C)c2C(N)=O)c1. The number of hydrogen-bond acceptors (Lipinski definition) is 4. The van der Waals surface area contributed by atoms with E-state index < -0.39 is 5.91 Å². The van der Waals surface area contributed by atoms with E-state index in [1.54, 1.807) is 24.3 Å². The molecule has 1 aromatic carbocycles. The molecule has 0 atom stereocenters. The molecular weight excluding hydrogens is 300 g/mol. The van der Waals surface area contributed by atoms with Crippen molar-refractivity contribution in [2.24, 2.45) is 5.73 Å². The van der Waals surface area contributed by atoms with Crippen molar-refractivity contribution in [2.45, 2.75) is 20.8 Å². The molecule has 6 heteroatoms. The first-order chi connectivity index (χ1) is 10.4. The summed E-state index contributed by atoms with van der Waals surface area (Å²) in [5.74, 6) is -0.214. The number of hydrogen-bond donors (Lipinski definition) is 2. The third kappa shape index (κ3) is 3.28. The number of carbonyl (C=O) groups is 2. The summed E-state index contributed by atoms with van der Waals surface area (Å²) in [6, 6.07) is 6.89. The van der Waals surface area contributed by atoms with Crippen LogP contribution in [0.15, 0.2) is 24.3 Å². The van der Waals surface area contributed by atoms with Crippen molar-refractivity contribution in [3.05, 3.63) is 45.8 Å². The normalized spacial score (nSPS) is 10.3. The largest absolute Gasteiger partial charge is 0.494 e. The van der Waals surface area contributed by atoms with Crippen molar-refractivity contribution < 1.29 is 14.3 Å². The fourth-order valence-electron chi connectivity index (χ4n) is 2.08. The van der Waals surface area contributed by atoms with Gasteiger partial charge in [0, 0.05) is 10.4 Å². The molecule has 116 valence electrons. The standard InChI is InChI=1S/C16H18N2O3S/c1-4-21-12-7-5-6-11(8-12)15(20)18-16-13(14(17)19)9(2)10(3)22-16/h5-8H,4H2,1-3H3,(H2,17,19)(H,18,20). The van der Waals surface area contributed by atoms with Crippen molar-refractivity contribution in [1.82, 2.24) is 0 Å². The molecule has 2 aromatic rings.